The van der Waals surface area contributed by atoms with E-state index in [-0.39, 0.29) is 33.0 Å². The minimum absolute atomic E-state index is 0.0941. The van der Waals surface area contributed by atoms with Crippen LogP contribution in [0.5, 0.6) is 0 Å². The largest absolute Gasteiger partial charge is 0.522 e. The van der Waals surface area contributed by atoms with Gasteiger partial charge in [-0.1, -0.05) is 0 Å². The molecule has 0 aliphatic carbocycles. The number of hydrogen-bond acceptors (Lipinski definition) is 5. The second kappa shape index (κ2) is 9.92. The third-order valence-electron chi connectivity index (χ3n) is 1.53. The standard InChI is InChI=1S/C9H16F3NO5/c1-13-8(14)17-6-4-15-2-3-16-5-7-18-9(10,11)12/h2-7H2,1H3,(H,13,14). The lowest BCUT2D eigenvalue weighted by Gasteiger charge is -2.08. The number of hydrogen-bond donors (Lipinski definition) is 1. The topological polar surface area (TPSA) is 66.0 Å². The van der Waals surface area contributed by atoms with Crippen molar-refractivity contribution >= 4 is 6.09 Å². The van der Waals surface area contributed by atoms with Crippen LogP contribution >= 0.6 is 0 Å². The van der Waals surface area contributed by atoms with Crippen LogP contribution in [-0.2, 0) is 18.9 Å². The SMILES string of the molecule is CNC(=O)OCCOCCOCCOC(F)(F)F. The number of ether oxygens (including phenoxy) is 4. The molecule has 0 heterocycles. The van der Waals surface area contributed by atoms with E-state index in [9.17, 15) is 18.0 Å². The Bertz CT molecular complexity index is 225. The van der Waals surface area contributed by atoms with Gasteiger partial charge in [0.2, 0.25) is 0 Å². The minimum atomic E-state index is -4.63. The van der Waals surface area contributed by atoms with Crippen molar-refractivity contribution in [3.63, 3.8) is 0 Å². The molecule has 0 atom stereocenters. The summed E-state index contributed by atoms with van der Waals surface area (Å²) < 4.78 is 52.4. The van der Waals surface area contributed by atoms with Gasteiger partial charge in [0.15, 0.2) is 0 Å². The molecule has 0 rings (SSSR count). The van der Waals surface area contributed by atoms with E-state index in [4.69, 9.17) is 9.47 Å². The van der Waals surface area contributed by atoms with Crippen LogP contribution in [0.25, 0.3) is 0 Å². The summed E-state index contributed by atoms with van der Waals surface area (Å²) in [6.07, 6.45) is -5.18. The Kier molecular flexibility index (Phi) is 9.33. The van der Waals surface area contributed by atoms with Crippen molar-refractivity contribution in [2.24, 2.45) is 0 Å². The molecule has 0 saturated heterocycles. The highest BCUT2D eigenvalue weighted by molar-refractivity contribution is 5.66. The van der Waals surface area contributed by atoms with Crippen molar-refractivity contribution < 1.29 is 36.9 Å². The number of carbonyl (C=O) groups is 1. The monoisotopic (exact) mass is 275 g/mol. The predicted octanol–water partition coefficient (Wildman–Crippen LogP) is 0.912. The highest BCUT2D eigenvalue weighted by atomic mass is 19.4. The third kappa shape index (κ3) is 13.0. The number of carbonyl (C=O) groups excluding carboxylic acids is 1. The first-order chi connectivity index (χ1) is 8.45. The molecule has 0 spiro atoms. The summed E-state index contributed by atoms with van der Waals surface area (Å²) in [6.45, 7) is -0.0993. The van der Waals surface area contributed by atoms with Crippen LogP contribution in [0.2, 0.25) is 0 Å². The van der Waals surface area contributed by atoms with E-state index in [0.29, 0.717) is 0 Å². The van der Waals surface area contributed by atoms with E-state index in [1.165, 1.54) is 7.05 Å². The summed E-state index contributed by atoms with van der Waals surface area (Å²) >= 11 is 0. The predicted molar refractivity (Wildman–Crippen MR) is 54.1 cm³/mol. The van der Waals surface area contributed by atoms with Crippen molar-refractivity contribution in [1.82, 2.24) is 5.32 Å². The molecule has 0 aromatic heterocycles. The summed E-state index contributed by atoms with van der Waals surface area (Å²) in [5, 5.41) is 2.26. The minimum Gasteiger partial charge on any atom is -0.447 e. The van der Waals surface area contributed by atoms with Crippen LogP contribution in [0, 0.1) is 0 Å². The Hall–Kier alpha value is -1.06. The fourth-order valence-electron chi connectivity index (χ4n) is 0.804. The summed E-state index contributed by atoms with van der Waals surface area (Å²) in [5.74, 6) is 0. The average Bonchev–Trinajstić information content (AvgIpc) is 2.29. The van der Waals surface area contributed by atoms with Gasteiger partial charge in [-0.2, -0.15) is 0 Å². The zero-order valence-electron chi connectivity index (χ0n) is 9.92. The summed E-state index contributed by atoms with van der Waals surface area (Å²) in [6, 6.07) is 0. The summed E-state index contributed by atoms with van der Waals surface area (Å²) in [4.78, 5) is 10.6. The molecule has 0 radical (unpaired) electrons. The summed E-state index contributed by atoms with van der Waals surface area (Å²) in [7, 11) is 1.43. The molecule has 0 bridgehead atoms. The average molecular weight is 275 g/mol. The van der Waals surface area contributed by atoms with Gasteiger partial charge in [-0.3, -0.25) is 4.74 Å². The Morgan fingerprint density at radius 1 is 1.00 bits per heavy atom. The number of nitrogens with one attached hydrogen (secondary N) is 1. The van der Waals surface area contributed by atoms with Gasteiger partial charge in [0, 0.05) is 7.05 Å². The maximum atomic E-state index is 11.5. The van der Waals surface area contributed by atoms with Crippen LogP contribution in [0.3, 0.4) is 0 Å². The number of amides is 1. The summed E-state index contributed by atoms with van der Waals surface area (Å²) in [5.41, 5.74) is 0. The van der Waals surface area contributed by atoms with E-state index in [1.54, 1.807) is 0 Å². The van der Waals surface area contributed by atoms with Gasteiger partial charge in [-0.25, -0.2) is 4.79 Å². The Morgan fingerprint density at radius 3 is 2.00 bits per heavy atom. The Balaban J connectivity index is 3.10. The molecule has 9 heteroatoms. The molecular weight excluding hydrogens is 259 g/mol. The molecule has 108 valence electrons. The molecule has 0 aliphatic heterocycles. The van der Waals surface area contributed by atoms with E-state index >= 15 is 0 Å². The van der Waals surface area contributed by atoms with Crippen LogP contribution in [0.1, 0.15) is 0 Å². The second-order valence-corrected chi connectivity index (χ2v) is 2.90. The van der Waals surface area contributed by atoms with Crippen LogP contribution in [-0.4, -0.2) is 59.1 Å². The zero-order chi connectivity index (χ0) is 13.9. The van der Waals surface area contributed by atoms with E-state index in [1.807, 2.05) is 0 Å². The van der Waals surface area contributed by atoms with E-state index < -0.39 is 19.1 Å². The lowest BCUT2D eigenvalue weighted by molar-refractivity contribution is -0.327. The molecule has 1 amide bonds. The van der Waals surface area contributed by atoms with Crippen molar-refractivity contribution in [3.05, 3.63) is 0 Å². The Labute approximate surface area is 102 Å². The van der Waals surface area contributed by atoms with Crippen molar-refractivity contribution in [2.45, 2.75) is 6.36 Å². The van der Waals surface area contributed by atoms with Crippen molar-refractivity contribution in [2.75, 3.05) is 46.7 Å². The molecule has 0 aliphatic rings. The number of rotatable bonds is 9. The molecule has 1 N–H and O–H groups in total. The molecule has 0 aromatic rings. The first kappa shape index (κ1) is 16.9. The van der Waals surface area contributed by atoms with Gasteiger partial charge in [0.1, 0.15) is 6.61 Å². The molecule has 0 saturated carbocycles. The normalized spacial score (nSPS) is 11.3. The first-order valence-electron chi connectivity index (χ1n) is 5.16. The van der Waals surface area contributed by atoms with Gasteiger partial charge in [0.25, 0.3) is 0 Å². The number of halogens is 3. The van der Waals surface area contributed by atoms with E-state index in [0.717, 1.165) is 0 Å². The van der Waals surface area contributed by atoms with Gasteiger partial charge in [0.05, 0.1) is 33.0 Å². The van der Waals surface area contributed by atoms with Gasteiger partial charge in [-0.15, -0.1) is 13.2 Å². The maximum Gasteiger partial charge on any atom is 0.522 e. The highest BCUT2D eigenvalue weighted by Crippen LogP contribution is 2.15. The first-order valence-corrected chi connectivity index (χ1v) is 5.16. The van der Waals surface area contributed by atoms with Crippen molar-refractivity contribution in [3.8, 4) is 0 Å². The number of alkyl halides is 3. The molecule has 18 heavy (non-hydrogen) atoms. The maximum absolute atomic E-state index is 11.5. The molecule has 0 aromatic carbocycles. The van der Waals surface area contributed by atoms with Crippen molar-refractivity contribution in [1.29, 1.82) is 0 Å². The molecular formula is C9H16F3NO5. The smallest absolute Gasteiger partial charge is 0.447 e. The van der Waals surface area contributed by atoms with Crippen LogP contribution in [0.4, 0.5) is 18.0 Å². The molecule has 0 fully saturated rings. The highest BCUT2D eigenvalue weighted by Gasteiger charge is 2.28. The molecule has 0 unspecified atom stereocenters. The number of alkyl carbamates (subject to hydrolysis) is 1. The van der Waals surface area contributed by atoms with Crippen LogP contribution in [0.15, 0.2) is 0 Å². The fraction of sp³-hybridized carbons (Fsp3) is 0.889. The fourth-order valence-corrected chi connectivity index (χ4v) is 0.804. The van der Waals surface area contributed by atoms with Gasteiger partial charge >= 0.3 is 12.5 Å². The lowest BCUT2D eigenvalue weighted by atomic mass is 10.7. The second-order valence-electron chi connectivity index (χ2n) is 2.90. The lowest BCUT2D eigenvalue weighted by Crippen LogP contribution is -2.21. The molecule has 6 nitrogen and oxygen atoms in total. The van der Waals surface area contributed by atoms with Gasteiger partial charge in [-0.05, 0) is 0 Å². The van der Waals surface area contributed by atoms with Crippen LogP contribution < -0.4 is 5.32 Å². The Morgan fingerprint density at radius 2 is 1.50 bits per heavy atom. The van der Waals surface area contributed by atoms with Gasteiger partial charge < -0.3 is 19.5 Å². The third-order valence-corrected chi connectivity index (χ3v) is 1.53. The quantitative estimate of drug-likeness (QED) is 0.634. The van der Waals surface area contributed by atoms with E-state index in [2.05, 4.69) is 14.8 Å². The zero-order valence-corrected chi connectivity index (χ0v) is 9.92.